The summed E-state index contributed by atoms with van der Waals surface area (Å²) in [6.07, 6.45) is -1.14. The molecule has 0 heterocycles. The molecule has 2 rings (SSSR count). The van der Waals surface area contributed by atoms with E-state index < -0.39 is 33.4 Å². The van der Waals surface area contributed by atoms with Crippen LogP contribution in [0.4, 0.5) is 21.5 Å². The van der Waals surface area contributed by atoms with Gasteiger partial charge >= 0.3 is 11.4 Å². The van der Waals surface area contributed by atoms with Gasteiger partial charge in [-0.25, -0.2) is 0 Å². The summed E-state index contributed by atoms with van der Waals surface area (Å²) >= 11 is 0. The molecule has 10 heteroatoms. The van der Waals surface area contributed by atoms with Crippen LogP contribution in [-0.4, -0.2) is 21.9 Å². The van der Waals surface area contributed by atoms with E-state index in [1.54, 1.807) is 13.0 Å². The number of carbonyl (C=O) groups excluding carboxylic acids is 1. The molecule has 0 aliphatic carbocycles. The minimum Gasteiger partial charge on any atom is -0.474 e. The maximum absolute atomic E-state index is 13.3. The molecule has 0 spiro atoms. The van der Waals surface area contributed by atoms with Crippen LogP contribution < -0.4 is 10.1 Å². The van der Waals surface area contributed by atoms with Gasteiger partial charge < -0.3 is 10.1 Å². The largest absolute Gasteiger partial charge is 0.474 e. The summed E-state index contributed by atoms with van der Waals surface area (Å²) in [6.45, 7) is 3.03. The number of rotatable bonds is 6. The molecule has 0 aromatic heterocycles. The average molecular weight is 363 g/mol. The number of nitro groups is 2. The lowest BCUT2D eigenvalue weighted by Crippen LogP contribution is -2.30. The van der Waals surface area contributed by atoms with Crippen molar-refractivity contribution < 1.29 is 23.8 Å². The zero-order chi connectivity index (χ0) is 19.4. The quantitative estimate of drug-likeness (QED) is 0.620. The summed E-state index contributed by atoms with van der Waals surface area (Å²) in [4.78, 5) is 32.4. The lowest BCUT2D eigenvalue weighted by molar-refractivity contribution is -0.387. The Bertz CT molecular complexity index is 886. The Morgan fingerprint density at radius 2 is 1.77 bits per heavy atom. The third-order valence-corrected chi connectivity index (χ3v) is 3.39. The van der Waals surface area contributed by atoms with Gasteiger partial charge in [0.15, 0.2) is 11.9 Å². The lowest BCUT2D eigenvalue weighted by atomic mass is 10.2. The van der Waals surface area contributed by atoms with Crippen LogP contribution in [0.5, 0.6) is 5.75 Å². The highest BCUT2D eigenvalue weighted by Gasteiger charge is 2.22. The number of nitrogens with one attached hydrogen (secondary N) is 1. The molecular weight excluding hydrogens is 349 g/mol. The number of hydrogen-bond acceptors (Lipinski definition) is 6. The normalized spacial score (nSPS) is 11.5. The van der Waals surface area contributed by atoms with Gasteiger partial charge in [-0.1, -0.05) is 6.07 Å². The predicted octanol–water partition coefficient (Wildman–Crippen LogP) is 3.36. The van der Waals surface area contributed by atoms with Crippen LogP contribution in [0.2, 0.25) is 0 Å². The molecule has 2 aromatic rings. The summed E-state index contributed by atoms with van der Waals surface area (Å²) in [5, 5.41) is 24.1. The third-order valence-electron chi connectivity index (χ3n) is 3.39. The fraction of sp³-hybridized carbons (Fsp3) is 0.188. The van der Waals surface area contributed by atoms with E-state index in [1.165, 1.54) is 19.1 Å². The maximum Gasteiger partial charge on any atom is 0.311 e. The van der Waals surface area contributed by atoms with Crippen molar-refractivity contribution in [1.82, 2.24) is 0 Å². The fourth-order valence-corrected chi connectivity index (χ4v) is 2.09. The van der Waals surface area contributed by atoms with Gasteiger partial charge in [0.1, 0.15) is 0 Å². The van der Waals surface area contributed by atoms with Crippen molar-refractivity contribution in [3.63, 3.8) is 0 Å². The monoisotopic (exact) mass is 363 g/mol. The first-order valence-corrected chi connectivity index (χ1v) is 7.35. The summed E-state index contributed by atoms with van der Waals surface area (Å²) < 4.78 is 18.6. The molecule has 1 N–H and O–H groups in total. The molecule has 1 atom stereocenters. The Kier molecular flexibility index (Phi) is 5.45. The molecule has 0 radical (unpaired) electrons. The third kappa shape index (κ3) is 4.29. The van der Waals surface area contributed by atoms with E-state index in [2.05, 4.69) is 5.32 Å². The van der Waals surface area contributed by atoms with Crippen molar-refractivity contribution in [2.24, 2.45) is 0 Å². The van der Waals surface area contributed by atoms with Gasteiger partial charge in [-0.15, -0.1) is 0 Å². The summed E-state index contributed by atoms with van der Waals surface area (Å²) in [5.74, 6) is -1.83. The van der Waals surface area contributed by atoms with Crippen LogP contribution in [0.3, 0.4) is 0 Å². The van der Waals surface area contributed by atoms with E-state index in [4.69, 9.17) is 4.74 Å². The van der Waals surface area contributed by atoms with Gasteiger partial charge in [0, 0.05) is 17.8 Å². The highest BCUT2D eigenvalue weighted by atomic mass is 19.1. The van der Waals surface area contributed by atoms with Crippen molar-refractivity contribution in [2.45, 2.75) is 20.0 Å². The molecule has 0 fully saturated rings. The van der Waals surface area contributed by atoms with E-state index in [-0.39, 0.29) is 17.1 Å². The number of carbonyl (C=O) groups is 1. The summed E-state index contributed by atoms with van der Waals surface area (Å²) in [5.41, 5.74) is -0.427. The summed E-state index contributed by atoms with van der Waals surface area (Å²) in [7, 11) is 0. The van der Waals surface area contributed by atoms with Crippen LogP contribution in [0.1, 0.15) is 12.5 Å². The molecule has 0 saturated heterocycles. The van der Waals surface area contributed by atoms with Gasteiger partial charge in [-0.2, -0.15) is 4.39 Å². The highest BCUT2D eigenvalue weighted by Crippen LogP contribution is 2.29. The average Bonchev–Trinajstić information content (AvgIpc) is 2.57. The molecule has 136 valence electrons. The predicted molar refractivity (Wildman–Crippen MR) is 89.6 cm³/mol. The molecule has 26 heavy (non-hydrogen) atoms. The summed E-state index contributed by atoms with van der Waals surface area (Å²) in [6, 6.07) is 7.15. The van der Waals surface area contributed by atoms with Crippen molar-refractivity contribution >= 4 is 23.0 Å². The number of aryl methyl sites for hydroxylation is 1. The number of ether oxygens (including phenoxy) is 1. The number of nitro benzene ring substituents is 2. The Morgan fingerprint density at radius 3 is 2.38 bits per heavy atom. The van der Waals surface area contributed by atoms with Crippen molar-refractivity contribution in [2.75, 3.05) is 5.32 Å². The second-order valence-electron chi connectivity index (χ2n) is 5.40. The second-order valence-corrected chi connectivity index (χ2v) is 5.40. The topological polar surface area (TPSA) is 125 Å². The number of halogens is 1. The molecule has 1 amide bonds. The van der Waals surface area contributed by atoms with Gasteiger partial charge in [-0.05, 0) is 37.6 Å². The zero-order valence-corrected chi connectivity index (χ0v) is 13.8. The van der Waals surface area contributed by atoms with Crippen LogP contribution >= 0.6 is 0 Å². The Labute approximate surface area is 146 Å². The van der Waals surface area contributed by atoms with Crippen LogP contribution in [0, 0.1) is 33.0 Å². The van der Waals surface area contributed by atoms with Crippen molar-refractivity contribution in [1.29, 1.82) is 0 Å². The Hall–Kier alpha value is -3.56. The minimum absolute atomic E-state index is 0.00282. The van der Waals surface area contributed by atoms with Crippen LogP contribution in [0.15, 0.2) is 36.4 Å². The van der Waals surface area contributed by atoms with Gasteiger partial charge in [0.05, 0.1) is 9.85 Å². The van der Waals surface area contributed by atoms with Crippen molar-refractivity contribution in [3.05, 3.63) is 68.0 Å². The Morgan fingerprint density at radius 1 is 1.12 bits per heavy atom. The molecule has 0 aliphatic rings. The van der Waals surface area contributed by atoms with E-state index >= 15 is 0 Å². The second kappa shape index (κ2) is 7.55. The molecule has 0 aliphatic heterocycles. The van der Waals surface area contributed by atoms with Gasteiger partial charge in [0.25, 0.3) is 5.91 Å². The van der Waals surface area contributed by atoms with E-state index in [1.807, 2.05) is 0 Å². The SMILES string of the molecule is Cc1ccc(O[C@H](C)C(=O)Nc2ccc(F)c([N+](=O)[O-])c2)c([N+](=O)[O-])c1. The van der Waals surface area contributed by atoms with Gasteiger partial charge in [0.2, 0.25) is 5.82 Å². The standard InChI is InChI=1S/C16H14FN3O6/c1-9-3-6-15(14(7-9)20(24)25)26-10(2)16(21)18-11-4-5-12(17)13(8-11)19(22)23/h3-8,10H,1-2H3,(H,18,21)/t10-/m1/s1. The number of nitrogens with zero attached hydrogens (tertiary/aromatic N) is 2. The molecule has 0 bridgehead atoms. The van der Waals surface area contributed by atoms with Crippen LogP contribution in [0.25, 0.3) is 0 Å². The van der Waals surface area contributed by atoms with Gasteiger partial charge in [-0.3, -0.25) is 25.0 Å². The molecule has 0 unspecified atom stereocenters. The fourth-order valence-electron chi connectivity index (χ4n) is 2.09. The van der Waals surface area contributed by atoms with Crippen molar-refractivity contribution in [3.8, 4) is 5.75 Å². The Balaban J connectivity index is 2.15. The first kappa shape index (κ1) is 18.8. The molecular formula is C16H14FN3O6. The van der Waals surface area contributed by atoms with E-state index in [9.17, 15) is 29.4 Å². The molecule has 9 nitrogen and oxygen atoms in total. The van der Waals surface area contributed by atoms with E-state index in [0.717, 1.165) is 18.2 Å². The smallest absolute Gasteiger partial charge is 0.311 e. The lowest BCUT2D eigenvalue weighted by Gasteiger charge is -2.15. The molecule has 0 saturated carbocycles. The minimum atomic E-state index is -1.14. The first-order chi connectivity index (χ1) is 12.2. The number of anilines is 1. The number of amides is 1. The van der Waals surface area contributed by atoms with E-state index in [0.29, 0.717) is 5.56 Å². The maximum atomic E-state index is 13.3. The first-order valence-electron chi connectivity index (χ1n) is 7.35. The number of hydrogen-bond donors (Lipinski definition) is 1. The molecule has 2 aromatic carbocycles. The zero-order valence-electron chi connectivity index (χ0n) is 13.8. The highest BCUT2D eigenvalue weighted by molar-refractivity contribution is 5.94. The van der Waals surface area contributed by atoms with Crippen LogP contribution in [-0.2, 0) is 4.79 Å². The number of benzene rings is 2.